The lowest BCUT2D eigenvalue weighted by molar-refractivity contribution is -0.145. The van der Waals surface area contributed by atoms with Gasteiger partial charge in [-0.15, -0.1) is 0 Å². The lowest BCUT2D eigenvalue weighted by atomic mass is 9.97. The highest BCUT2D eigenvalue weighted by Crippen LogP contribution is 2.13. The van der Waals surface area contributed by atoms with Crippen molar-refractivity contribution in [3.05, 3.63) is 0 Å². The molecule has 12 heavy (non-hydrogen) atoms. The van der Waals surface area contributed by atoms with E-state index in [2.05, 4.69) is 0 Å². The quantitative estimate of drug-likeness (QED) is 0.560. The van der Waals surface area contributed by atoms with Crippen LogP contribution in [0.5, 0.6) is 0 Å². The van der Waals surface area contributed by atoms with E-state index < -0.39 is 24.1 Å². The first-order chi connectivity index (χ1) is 5.45. The van der Waals surface area contributed by atoms with Crippen LogP contribution < -0.4 is 0 Å². The highest BCUT2D eigenvalue weighted by Gasteiger charge is 2.22. The van der Waals surface area contributed by atoms with Crippen LogP contribution in [0, 0.1) is 5.92 Å². The molecule has 0 aliphatic rings. The third kappa shape index (κ3) is 4.31. The highest BCUT2D eigenvalue weighted by molar-refractivity contribution is 5.70. The molecule has 72 valence electrons. The number of aliphatic hydroxyl groups excluding tert-OH is 2. The number of hydrogen-bond acceptors (Lipinski definition) is 3. The van der Waals surface area contributed by atoms with Crippen molar-refractivity contribution in [2.75, 3.05) is 0 Å². The zero-order valence-corrected chi connectivity index (χ0v) is 7.40. The molecule has 0 bridgehead atoms. The van der Waals surface area contributed by atoms with Gasteiger partial charge in [0.15, 0.2) is 0 Å². The Morgan fingerprint density at radius 3 is 2.00 bits per heavy atom. The average Bonchev–Trinajstić information content (AvgIpc) is 1.84. The van der Waals surface area contributed by atoms with Gasteiger partial charge in [0.2, 0.25) is 0 Å². The number of aliphatic hydroxyl groups is 2. The molecule has 0 spiro atoms. The SMILES string of the molecule is C[C@@H](O)CCC(C(=O)O)[C@@H](C)O. The molecule has 3 atom stereocenters. The van der Waals surface area contributed by atoms with Gasteiger partial charge in [-0.05, 0) is 26.7 Å². The smallest absolute Gasteiger partial charge is 0.309 e. The molecule has 3 N–H and O–H groups in total. The second-order valence-corrected chi connectivity index (χ2v) is 3.11. The molecule has 0 fully saturated rings. The van der Waals surface area contributed by atoms with E-state index in [1.165, 1.54) is 6.92 Å². The maximum absolute atomic E-state index is 10.5. The van der Waals surface area contributed by atoms with Crippen molar-refractivity contribution in [1.82, 2.24) is 0 Å². The molecule has 0 aromatic carbocycles. The van der Waals surface area contributed by atoms with Crippen LogP contribution in [0.3, 0.4) is 0 Å². The number of carbonyl (C=O) groups is 1. The van der Waals surface area contributed by atoms with Crippen LogP contribution in [-0.2, 0) is 4.79 Å². The summed E-state index contributed by atoms with van der Waals surface area (Å²) in [6, 6.07) is 0. The van der Waals surface area contributed by atoms with E-state index in [-0.39, 0.29) is 0 Å². The van der Waals surface area contributed by atoms with Crippen LogP contribution in [-0.4, -0.2) is 33.5 Å². The lowest BCUT2D eigenvalue weighted by Gasteiger charge is -2.15. The van der Waals surface area contributed by atoms with Gasteiger partial charge in [-0.25, -0.2) is 0 Å². The Kier molecular flexibility index (Phi) is 4.85. The molecule has 0 saturated heterocycles. The van der Waals surface area contributed by atoms with E-state index in [9.17, 15) is 4.79 Å². The predicted octanol–water partition coefficient (Wildman–Crippen LogP) is 0.229. The molecule has 0 aliphatic carbocycles. The molecule has 4 nitrogen and oxygen atoms in total. The number of hydrogen-bond donors (Lipinski definition) is 3. The zero-order valence-electron chi connectivity index (χ0n) is 7.40. The van der Waals surface area contributed by atoms with Crippen LogP contribution in [0.15, 0.2) is 0 Å². The van der Waals surface area contributed by atoms with Crippen molar-refractivity contribution >= 4 is 5.97 Å². The molecule has 4 heteroatoms. The molecule has 1 unspecified atom stereocenters. The highest BCUT2D eigenvalue weighted by atomic mass is 16.4. The standard InChI is InChI=1S/C8H16O4/c1-5(9)3-4-7(6(2)10)8(11)12/h5-7,9-10H,3-4H2,1-2H3,(H,11,12)/t5-,6-,7?/m1/s1. The van der Waals surface area contributed by atoms with Gasteiger partial charge in [-0.2, -0.15) is 0 Å². The predicted molar refractivity (Wildman–Crippen MR) is 43.7 cm³/mol. The summed E-state index contributed by atoms with van der Waals surface area (Å²) in [5.41, 5.74) is 0. The van der Waals surface area contributed by atoms with Gasteiger partial charge in [0.1, 0.15) is 0 Å². The molecule has 0 radical (unpaired) electrons. The third-order valence-corrected chi connectivity index (χ3v) is 1.79. The summed E-state index contributed by atoms with van der Waals surface area (Å²) >= 11 is 0. The Labute approximate surface area is 71.8 Å². The van der Waals surface area contributed by atoms with Gasteiger partial charge >= 0.3 is 5.97 Å². The summed E-state index contributed by atoms with van der Waals surface area (Å²) in [5, 5.41) is 26.5. The molecule has 0 rings (SSSR count). The van der Waals surface area contributed by atoms with E-state index in [1.54, 1.807) is 6.92 Å². The number of aliphatic carboxylic acids is 1. The van der Waals surface area contributed by atoms with Gasteiger partial charge in [0.05, 0.1) is 18.1 Å². The number of carboxylic acid groups (broad SMARTS) is 1. The number of carboxylic acids is 1. The monoisotopic (exact) mass is 176 g/mol. The van der Waals surface area contributed by atoms with Gasteiger partial charge in [0.25, 0.3) is 0 Å². The van der Waals surface area contributed by atoms with Crippen molar-refractivity contribution in [2.45, 2.75) is 38.9 Å². The maximum Gasteiger partial charge on any atom is 0.309 e. The van der Waals surface area contributed by atoms with Crippen molar-refractivity contribution in [2.24, 2.45) is 5.92 Å². The fourth-order valence-corrected chi connectivity index (χ4v) is 0.992. The van der Waals surface area contributed by atoms with Gasteiger partial charge in [-0.1, -0.05) is 0 Å². The summed E-state index contributed by atoms with van der Waals surface area (Å²) in [4.78, 5) is 10.5. The minimum atomic E-state index is -1.01. The third-order valence-electron chi connectivity index (χ3n) is 1.79. The normalized spacial score (nSPS) is 18.3. The van der Waals surface area contributed by atoms with Gasteiger partial charge < -0.3 is 15.3 Å². The average molecular weight is 176 g/mol. The largest absolute Gasteiger partial charge is 0.481 e. The summed E-state index contributed by atoms with van der Waals surface area (Å²) in [5.74, 6) is -1.77. The van der Waals surface area contributed by atoms with E-state index in [1.807, 2.05) is 0 Å². The molecule has 0 heterocycles. The Morgan fingerprint density at radius 2 is 1.75 bits per heavy atom. The van der Waals surface area contributed by atoms with E-state index in [0.29, 0.717) is 12.8 Å². The second-order valence-electron chi connectivity index (χ2n) is 3.11. The minimum Gasteiger partial charge on any atom is -0.481 e. The van der Waals surface area contributed by atoms with E-state index in [4.69, 9.17) is 15.3 Å². The van der Waals surface area contributed by atoms with E-state index in [0.717, 1.165) is 0 Å². The van der Waals surface area contributed by atoms with Crippen LogP contribution in [0.2, 0.25) is 0 Å². The second kappa shape index (κ2) is 5.11. The van der Waals surface area contributed by atoms with Crippen molar-refractivity contribution in [3.63, 3.8) is 0 Å². The summed E-state index contributed by atoms with van der Waals surface area (Å²) in [7, 11) is 0. The lowest BCUT2D eigenvalue weighted by Crippen LogP contribution is -2.26. The van der Waals surface area contributed by atoms with Gasteiger partial charge in [0, 0.05) is 0 Å². The number of rotatable bonds is 5. The summed E-state index contributed by atoms with van der Waals surface area (Å²) in [6.45, 7) is 3.04. The molecule has 0 aromatic rings. The van der Waals surface area contributed by atoms with Gasteiger partial charge in [-0.3, -0.25) is 4.79 Å². The molecular weight excluding hydrogens is 160 g/mol. The fraction of sp³-hybridized carbons (Fsp3) is 0.875. The van der Waals surface area contributed by atoms with Crippen LogP contribution in [0.25, 0.3) is 0 Å². The van der Waals surface area contributed by atoms with Crippen molar-refractivity contribution < 1.29 is 20.1 Å². The maximum atomic E-state index is 10.5. The molecule has 0 aliphatic heterocycles. The van der Waals surface area contributed by atoms with Crippen molar-refractivity contribution in [3.8, 4) is 0 Å². The Morgan fingerprint density at radius 1 is 1.25 bits per heavy atom. The first-order valence-corrected chi connectivity index (χ1v) is 4.04. The zero-order chi connectivity index (χ0) is 9.72. The first-order valence-electron chi connectivity index (χ1n) is 4.04. The Balaban J connectivity index is 3.88. The topological polar surface area (TPSA) is 77.8 Å². The van der Waals surface area contributed by atoms with Crippen LogP contribution in [0.1, 0.15) is 26.7 Å². The Hall–Kier alpha value is -0.610. The molecule has 0 amide bonds. The van der Waals surface area contributed by atoms with Crippen LogP contribution in [0.4, 0.5) is 0 Å². The summed E-state index contributed by atoms with van der Waals surface area (Å²) < 4.78 is 0. The first kappa shape index (κ1) is 11.4. The summed E-state index contributed by atoms with van der Waals surface area (Å²) in [6.07, 6.45) is -0.654. The van der Waals surface area contributed by atoms with Crippen LogP contribution >= 0.6 is 0 Å². The van der Waals surface area contributed by atoms with Crippen molar-refractivity contribution in [1.29, 1.82) is 0 Å². The Bertz CT molecular complexity index is 142. The fourth-order valence-electron chi connectivity index (χ4n) is 0.992. The molecule has 0 aromatic heterocycles. The molecule has 0 saturated carbocycles. The van der Waals surface area contributed by atoms with E-state index >= 15 is 0 Å². The molecular formula is C8H16O4. The minimum absolute atomic E-state index is 0.310.